The van der Waals surface area contributed by atoms with E-state index in [1.165, 1.54) is 12.1 Å². The highest BCUT2D eigenvalue weighted by Crippen LogP contribution is 2.60. The minimum absolute atomic E-state index is 0.0651. The molecule has 0 unspecified atom stereocenters. The number of aliphatic hydroxyl groups is 1. The van der Waals surface area contributed by atoms with Gasteiger partial charge in [-0.15, -0.1) is 0 Å². The van der Waals surface area contributed by atoms with E-state index in [4.69, 9.17) is 9.47 Å². The number of nitrogens with zero attached hydrogens (tertiary/aromatic N) is 4. The Morgan fingerprint density at radius 1 is 1.08 bits per heavy atom. The third kappa shape index (κ3) is 5.46. The fraction of sp³-hybridized carbons (Fsp3) is 0.417. The molecule has 4 aliphatic heterocycles. The normalized spacial score (nSPS) is 26.0. The molecule has 7 rings (SSSR count). The van der Waals surface area contributed by atoms with E-state index in [1.807, 2.05) is 31.2 Å². The molecular formula is C36H40N4O9Si. The maximum atomic E-state index is 14.9. The Hall–Kier alpha value is -4.63. The van der Waals surface area contributed by atoms with Gasteiger partial charge >= 0.3 is 0 Å². The molecule has 3 aromatic rings. The Morgan fingerprint density at radius 2 is 1.86 bits per heavy atom. The van der Waals surface area contributed by atoms with Gasteiger partial charge in [-0.3, -0.25) is 29.4 Å². The molecule has 0 bridgehead atoms. The number of fused-ring (bicyclic) bond motifs is 3. The van der Waals surface area contributed by atoms with Gasteiger partial charge in [0.15, 0.2) is 20.5 Å². The first-order valence-electron chi connectivity index (χ1n) is 16.9. The number of nitro groups is 1. The lowest BCUT2D eigenvalue weighted by Gasteiger charge is -2.33. The van der Waals surface area contributed by atoms with Crippen molar-refractivity contribution in [3.8, 4) is 5.75 Å². The summed E-state index contributed by atoms with van der Waals surface area (Å²) in [5.74, 6) is -0.967. The Kier molecular flexibility index (Phi) is 8.53. The lowest BCUT2D eigenvalue weighted by atomic mass is 9.82. The zero-order valence-electron chi connectivity index (χ0n) is 28.2. The van der Waals surface area contributed by atoms with E-state index in [9.17, 15) is 34.4 Å². The van der Waals surface area contributed by atoms with Crippen molar-refractivity contribution < 1.29 is 38.7 Å². The summed E-state index contributed by atoms with van der Waals surface area (Å²) in [5.41, 5.74) is 0.191. The van der Waals surface area contributed by atoms with E-state index in [-0.39, 0.29) is 49.7 Å². The maximum Gasteiger partial charge on any atom is 0.269 e. The highest BCUT2D eigenvalue weighted by atomic mass is 28.4. The zero-order chi connectivity index (χ0) is 35.5. The molecule has 2 N–H and O–H groups in total. The van der Waals surface area contributed by atoms with Crippen LogP contribution >= 0.6 is 0 Å². The summed E-state index contributed by atoms with van der Waals surface area (Å²) >= 11 is 0. The van der Waals surface area contributed by atoms with Crippen molar-refractivity contribution in [1.29, 1.82) is 0 Å². The average Bonchev–Trinajstić information content (AvgIpc) is 3.75. The molecule has 14 heteroatoms. The van der Waals surface area contributed by atoms with Crippen LogP contribution in [0.1, 0.15) is 37.3 Å². The van der Waals surface area contributed by atoms with Gasteiger partial charge in [-0.1, -0.05) is 31.2 Å². The van der Waals surface area contributed by atoms with Crippen molar-refractivity contribution in [3.05, 3.63) is 88.0 Å². The minimum atomic E-state index is -3.12. The third-order valence-electron chi connectivity index (χ3n) is 10.7. The largest absolute Gasteiger partial charge is 0.482 e. The van der Waals surface area contributed by atoms with Crippen LogP contribution in [0.25, 0.3) is 0 Å². The number of non-ortho nitro benzene ring substituents is 1. The summed E-state index contributed by atoms with van der Waals surface area (Å²) in [5, 5.41) is 21.9. The SMILES string of the molecule is C[C@@H]1[C@@H]([Si](C)(C)O)[C@H](CC(=O)N2CCC[C@H]2CO)O[C@@]12C(=O)N(Cc1cccc(N3C(=O)COc4ccccc43)c1)c1ccc([N+](=O)[O-])cc12. The molecule has 0 saturated carbocycles. The second-order valence-corrected chi connectivity index (χ2v) is 18.1. The van der Waals surface area contributed by atoms with Crippen LogP contribution in [0.15, 0.2) is 66.7 Å². The molecule has 0 aliphatic carbocycles. The number of hydrogen-bond donors (Lipinski definition) is 2. The molecule has 0 radical (unpaired) electrons. The number of rotatable bonds is 8. The van der Waals surface area contributed by atoms with E-state index in [2.05, 4.69) is 0 Å². The van der Waals surface area contributed by atoms with E-state index in [1.54, 1.807) is 58.1 Å². The number of para-hydroxylation sites is 2. The molecule has 4 aliphatic rings. The topological polar surface area (TPSA) is 163 Å². The van der Waals surface area contributed by atoms with Crippen LogP contribution in [0.4, 0.5) is 22.7 Å². The van der Waals surface area contributed by atoms with Crippen molar-refractivity contribution in [2.24, 2.45) is 5.92 Å². The quantitative estimate of drug-likeness (QED) is 0.197. The summed E-state index contributed by atoms with van der Waals surface area (Å²) in [4.78, 5) is 69.5. The lowest BCUT2D eigenvalue weighted by molar-refractivity contribution is -0.385. The van der Waals surface area contributed by atoms with E-state index in [0.717, 1.165) is 6.42 Å². The number of hydrogen-bond acceptors (Lipinski definition) is 9. The van der Waals surface area contributed by atoms with Crippen LogP contribution < -0.4 is 14.5 Å². The molecule has 13 nitrogen and oxygen atoms in total. The smallest absolute Gasteiger partial charge is 0.269 e. The zero-order valence-corrected chi connectivity index (χ0v) is 29.2. The minimum Gasteiger partial charge on any atom is -0.482 e. The second-order valence-electron chi connectivity index (χ2n) is 14.1. The van der Waals surface area contributed by atoms with Crippen molar-refractivity contribution >= 4 is 48.8 Å². The number of likely N-dealkylation sites (tertiary alicyclic amines) is 1. The highest BCUT2D eigenvalue weighted by Gasteiger charge is 2.66. The van der Waals surface area contributed by atoms with Crippen molar-refractivity contribution in [2.45, 2.75) is 69.1 Å². The molecule has 2 fully saturated rings. The Morgan fingerprint density at radius 3 is 2.60 bits per heavy atom. The number of anilines is 3. The molecule has 2 saturated heterocycles. The van der Waals surface area contributed by atoms with Gasteiger partial charge in [-0.05, 0) is 61.8 Å². The number of amides is 3. The van der Waals surface area contributed by atoms with Gasteiger partial charge in [0.05, 0.1) is 48.0 Å². The molecule has 1 spiro atoms. The Bertz CT molecular complexity index is 1880. The monoisotopic (exact) mass is 700 g/mol. The van der Waals surface area contributed by atoms with Crippen LogP contribution in [-0.2, 0) is 31.3 Å². The first-order chi connectivity index (χ1) is 23.8. The van der Waals surface area contributed by atoms with Crippen LogP contribution in [0.3, 0.4) is 0 Å². The molecule has 50 heavy (non-hydrogen) atoms. The van der Waals surface area contributed by atoms with Gasteiger partial charge in [-0.25, -0.2) is 0 Å². The molecule has 0 aromatic heterocycles. The lowest BCUT2D eigenvalue weighted by Crippen LogP contribution is -2.46. The summed E-state index contributed by atoms with van der Waals surface area (Å²) in [6.07, 6.45) is 0.523. The highest BCUT2D eigenvalue weighted by molar-refractivity contribution is 6.71. The summed E-state index contributed by atoms with van der Waals surface area (Å²) in [7, 11) is -3.12. The van der Waals surface area contributed by atoms with E-state index in [0.29, 0.717) is 46.9 Å². The molecule has 4 heterocycles. The predicted molar refractivity (Wildman–Crippen MR) is 185 cm³/mol. The molecule has 3 aromatic carbocycles. The molecule has 5 atom stereocenters. The van der Waals surface area contributed by atoms with Crippen molar-refractivity contribution in [2.75, 3.05) is 29.6 Å². The van der Waals surface area contributed by atoms with Gasteiger partial charge in [0.1, 0.15) is 5.75 Å². The fourth-order valence-electron chi connectivity index (χ4n) is 8.54. The van der Waals surface area contributed by atoms with E-state index >= 15 is 0 Å². The van der Waals surface area contributed by atoms with Crippen LogP contribution in [0.5, 0.6) is 5.75 Å². The Balaban J connectivity index is 1.26. The van der Waals surface area contributed by atoms with Crippen molar-refractivity contribution in [3.63, 3.8) is 0 Å². The van der Waals surface area contributed by atoms with Gasteiger partial charge in [-0.2, -0.15) is 0 Å². The van der Waals surface area contributed by atoms with Gasteiger partial charge in [0, 0.05) is 41.4 Å². The maximum absolute atomic E-state index is 14.9. The van der Waals surface area contributed by atoms with Gasteiger partial charge in [0.25, 0.3) is 17.5 Å². The van der Waals surface area contributed by atoms with E-state index < -0.39 is 42.3 Å². The number of carbonyl (C=O) groups is 3. The van der Waals surface area contributed by atoms with Crippen molar-refractivity contribution in [1.82, 2.24) is 4.90 Å². The number of benzene rings is 3. The van der Waals surface area contributed by atoms with Crippen LogP contribution in [0.2, 0.25) is 18.6 Å². The number of aliphatic hydroxyl groups excluding tert-OH is 1. The summed E-state index contributed by atoms with van der Waals surface area (Å²) < 4.78 is 12.4. The second kappa shape index (κ2) is 12.6. The molecule has 3 amide bonds. The van der Waals surface area contributed by atoms with Crippen LogP contribution in [0, 0.1) is 16.0 Å². The summed E-state index contributed by atoms with van der Waals surface area (Å²) in [6, 6.07) is 18.5. The third-order valence-corrected chi connectivity index (χ3v) is 13.2. The standard InChI is InChI=1S/C36H40N4O9Si/c1-22-34(50(2,3)47)31(18-32(42)37-15-7-10-26(37)20-41)49-36(22)27-17-25(40(45)46)13-14-28(27)38(35(36)44)19-23-8-6-9-24(16-23)39-29-11-4-5-12-30(29)48-21-33(39)43/h4-6,8-9,11-14,16-17,22,26,31,34,41,47H,7,10,15,18-21H2,1-3H3/t22-,26+,31+,34-,36+/m1/s1. The van der Waals surface area contributed by atoms with Gasteiger partial charge < -0.3 is 29.2 Å². The first-order valence-corrected chi connectivity index (χ1v) is 19.9. The number of carbonyl (C=O) groups excluding carboxylic acids is 3. The summed E-state index contributed by atoms with van der Waals surface area (Å²) in [6.45, 7) is 5.62. The first kappa shape index (κ1) is 33.8. The van der Waals surface area contributed by atoms with Gasteiger partial charge in [0.2, 0.25) is 5.91 Å². The van der Waals surface area contributed by atoms with Crippen LogP contribution in [-0.4, -0.2) is 77.7 Å². The fourth-order valence-corrected chi connectivity index (χ4v) is 11.1. The molecular weight excluding hydrogens is 661 g/mol. The average molecular weight is 701 g/mol. The number of nitro benzene ring substituents is 1. The number of ether oxygens (including phenoxy) is 2. The Labute approximate surface area is 290 Å². The predicted octanol–water partition coefficient (Wildman–Crippen LogP) is 4.37. The molecule has 262 valence electrons.